The second kappa shape index (κ2) is 4.57. The van der Waals surface area contributed by atoms with Gasteiger partial charge in [0.25, 0.3) is 0 Å². The second-order valence-electron chi connectivity index (χ2n) is 4.45. The number of thiophene rings is 1. The Hall–Kier alpha value is -1.03. The van der Waals surface area contributed by atoms with Crippen LogP contribution in [0.15, 0.2) is 23.6 Å². The van der Waals surface area contributed by atoms with Crippen molar-refractivity contribution in [2.24, 2.45) is 0 Å². The SMILES string of the molecule is Cc1ccsc1C(O)c1cc(Cl)cc2c1OCC2. The molecule has 94 valence electrons. The Morgan fingerprint density at radius 1 is 1.44 bits per heavy atom. The normalized spacial score (nSPS) is 15.3. The third-order valence-corrected chi connectivity index (χ3v) is 4.51. The van der Waals surface area contributed by atoms with Crippen molar-refractivity contribution in [1.29, 1.82) is 0 Å². The molecule has 18 heavy (non-hydrogen) atoms. The van der Waals surface area contributed by atoms with Crippen LogP contribution < -0.4 is 4.74 Å². The highest BCUT2D eigenvalue weighted by Crippen LogP contribution is 2.40. The third kappa shape index (κ3) is 1.92. The average molecular weight is 281 g/mol. The van der Waals surface area contributed by atoms with E-state index in [0.717, 1.165) is 33.7 Å². The highest BCUT2D eigenvalue weighted by Gasteiger charge is 2.24. The van der Waals surface area contributed by atoms with E-state index in [4.69, 9.17) is 16.3 Å². The topological polar surface area (TPSA) is 29.5 Å². The molecule has 1 aromatic carbocycles. The Bertz CT molecular complexity index is 591. The first-order valence-electron chi connectivity index (χ1n) is 5.84. The van der Waals surface area contributed by atoms with Crippen LogP contribution in [0.3, 0.4) is 0 Å². The number of aliphatic hydroxyl groups is 1. The van der Waals surface area contributed by atoms with Crippen LogP contribution in [0.5, 0.6) is 5.75 Å². The molecule has 2 heterocycles. The van der Waals surface area contributed by atoms with Crippen molar-refractivity contribution in [2.75, 3.05) is 6.61 Å². The standard InChI is InChI=1S/C14H13ClO2S/c1-8-3-5-18-14(8)12(16)11-7-10(15)6-9-2-4-17-13(9)11/h3,5-7,12,16H,2,4H2,1H3. The number of ether oxygens (including phenoxy) is 1. The van der Waals surface area contributed by atoms with E-state index in [1.807, 2.05) is 24.4 Å². The summed E-state index contributed by atoms with van der Waals surface area (Å²) in [6.07, 6.45) is 0.203. The number of aliphatic hydroxyl groups excluding tert-OH is 1. The molecule has 3 rings (SSSR count). The van der Waals surface area contributed by atoms with Crippen molar-refractivity contribution < 1.29 is 9.84 Å². The van der Waals surface area contributed by atoms with Gasteiger partial charge in [0.1, 0.15) is 11.9 Å². The first-order chi connectivity index (χ1) is 8.66. The molecular weight excluding hydrogens is 268 g/mol. The molecule has 0 aliphatic carbocycles. The van der Waals surface area contributed by atoms with Gasteiger partial charge in [-0.15, -0.1) is 11.3 Å². The van der Waals surface area contributed by atoms with E-state index in [2.05, 4.69) is 0 Å². The van der Waals surface area contributed by atoms with Crippen molar-refractivity contribution in [3.63, 3.8) is 0 Å². The fourth-order valence-electron chi connectivity index (χ4n) is 2.31. The molecule has 0 bridgehead atoms. The maximum Gasteiger partial charge on any atom is 0.128 e. The lowest BCUT2D eigenvalue weighted by molar-refractivity contribution is 0.217. The summed E-state index contributed by atoms with van der Waals surface area (Å²) in [6.45, 7) is 2.67. The lowest BCUT2D eigenvalue weighted by Crippen LogP contribution is -2.02. The van der Waals surface area contributed by atoms with Gasteiger partial charge in [-0.2, -0.15) is 0 Å². The van der Waals surface area contributed by atoms with Gasteiger partial charge in [-0.1, -0.05) is 11.6 Å². The van der Waals surface area contributed by atoms with Crippen LogP contribution in [-0.2, 0) is 6.42 Å². The van der Waals surface area contributed by atoms with Gasteiger partial charge in [-0.25, -0.2) is 0 Å². The van der Waals surface area contributed by atoms with Gasteiger partial charge in [0.05, 0.1) is 6.61 Å². The third-order valence-electron chi connectivity index (χ3n) is 3.22. The lowest BCUT2D eigenvalue weighted by atomic mass is 10.0. The molecule has 2 nitrogen and oxygen atoms in total. The van der Waals surface area contributed by atoms with Crippen molar-refractivity contribution in [1.82, 2.24) is 0 Å². The second-order valence-corrected chi connectivity index (χ2v) is 5.84. The zero-order valence-corrected chi connectivity index (χ0v) is 11.5. The van der Waals surface area contributed by atoms with E-state index in [9.17, 15) is 5.11 Å². The van der Waals surface area contributed by atoms with E-state index in [0.29, 0.717) is 11.6 Å². The first-order valence-corrected chi connectivity index (χ1v) is 7.10. The van der Waals surface area contributed by atoms with Crippen molar-refractivity contribution in [3.8, 4) is 5.75 Å². The summed E-state index contributed by atoms with van der Waals surface area (Å²) in [4.78, 5) is 0.954. The molecule has 1 atom stereocenters. The Balaban J connectivity index is 2.10. The van der Waals surface area contributed by atoms with Crippen molar-refractivity contribution >= 4 is 22.9 Å². The Morgan fingerprint density at radius 2 is 2.28 bits per heavy atom. The predicted octanol–water partition coefficient (Wildman–Crippen LogP) is 3.73. The summed E-state index contributed by atoms with van der Waals surface area (Å²) in [6, 6.07) is 5.73. The monoisotopic (exact) mass is 280 g/mol. The molecule has 4 heteroatoms. The van der Waals surface area contributed by atoms with E-state index in [1.54, 1.807) is 17.4 Å². The molecule has 0 radical (unpaired) electrons. The molecule has 0 fully saturated rings. The van der Waals surface area contributed by atoms with E-state index in [-0.39, 0.29) is 0 Å². The van der Waals surface area contributed by atoms with E-state index < -0.39 is 6.10 Å². The summed E-state index contributed by atoms with van der Waals surface area (Å²) in [5.74, 6) is 0.805. The quantitative estimate of drug-likeness (QED) is 0.908. The molecule has 0 spiro atoms. The number of fused-ring (bicyclic) bond motifs is 1. The lowest BCUT2D eigenvalue weighted by Gasteiger charge is -2.15. The van der Waals surface area contributed by atoms with Crippen LogP contribution in [0.25, 0.3) is 0 Å². The molecule has 2 aromatic rings. The number of hydrogen-bond acceptors (Lipinski definition) is 3. The fraction of sp³-hybridized carbons (Fsp3) is 0.286. The van der Waals surface area contributed by atoms with Crippen LogP contribution in [-0.4, -0.2) is 11.7 Å². The van der Waals surface area contributed by atoms with Crippen LogP contribution in [0, 0.1) is 6.92 Å². The van der Waals surface area contributed by atoms with Gasteiger partial charge >= 0.3 is 0 Å². The molecule has 1 aliphatic rings. The number of hydrogen-bond donors (Lipinski definition) is 1. The van der Waals surface area contributed by atoms with Gasteiger partial charge in [0, 0.05) is 21.9 Å². The molecule has 1 aromatic heterocycles. The molecule has 0 saturated carbocycles. The van der Waals surface area contributed by atoms with Crippen molar-refractivity contribution in [2.45, 2.75) is 19.4 Å². The van der Waals surface area contributed by atoms with Crippen LogP contribution >= 0.6 is 22.9 Å². The highest BCUT2D eigenvalue weighted by molar-refractivity contribution is 7.10. The van der Waals surface area contributed by atoms with E-state index in [1.165, 1.54) is 0 Å². The highest BCUT2D eigenvalue weighted by atomic mass is 35.5. The molecule has 0 saturated heterocycles. The Labute approximate surface area is 115 Å². The molecule has 0 amide bonds. The smallest absolute Gasteiger partial charge is 0.128 e. The molecule has 1 N–H and O–H groups in total. The molecular formula is C14H13ClO2S. The van der Waals surface area contributed by atoms with Gasteiger partial charge in [-0.05, 0) is 41.6 Å². The summed E-state index contributed by atoms with van der Waals surface area (Å²) in [5, 5.41) is 13.2. The van der Waals surface area contributed by atoms with Gasteiger partial charge in [0.15, 0.2) is 0 Å². The van der Waals surface area contributed by atoms with Crippen molar-refractivity contribution in [3.05, 3.63) is 50.2 Å². The van der Waals surface area contributed by atoms with E-state index >= 15 is 0 Å². The van der Waals surface area contributed by atoms with Crippen LogP contribution in [0.2, 0.25) is 5.02 Å². The minimum absolute atomic E-state index is 0.655. The molecule has 1 unspecified atom stereocenters. The molecule has 1 aliphatic heterocycles. The number of aryl methyl sites for hydroxylation is 1. The zero-order chi connectivity index (χ0) is 12.7. The van der Waals surface area contributed by atoms with Gasteiger partial charge in [0.2, 0.25) is 0 Å². The largest absolute Gasteiger partial charge is 0.493 e. The maximum absolute atomic E-state index is 10.5. The number of rotatable bonds is 2. The minimum Gasteiger partial charge on any atom is -0.493 e. The summed E-state index contributed by atoms with van der Waals surface area (Å²) >= 11 is 7.67. The summed E-state index contributed by atoms with van der Waals surface area (Å²) in [5.41, 5.74) is 2.96. The van der Waals surface area contributed by atoms with Gasteiger partial charge in [-0.3, -0.25) is 0 Å². The predicted molar refractivity (Wildman–Crippen MR) is 73.8 cm³/mol. The fourth-order valence-corrected chi connectivity index (χ4v) is 3.48. The Kier molecular flexibility index (Phi) is 3.06. The average Bonchev–Trinajstić information content (AvgIpc) is 2.95. The zero-order valence-electron chi connectivity index (χ0n) is 9.94. The number of halogens is 1. The first kappa shape index (κ1) is 12.0. The van der Waals surface area contributed by atoms with Crippen LogP contribution in [0.1, 0.15) is 27.7 Å². The maximum atomic E-state index is 10.5. The Morgan fingerprint density at radius 3 is 3.00 bits per heavy atom. The summed E-state index contributed by atoms with van der Waals surface area (Å²) in [7, 11) is 0. The summed E-state index contributed by atoms with van der Waals surface area (Å²) < 4.78 is 5.63. The van der Waals surface area contributed by atoms with Crippen LogP contribution in [0.4, 0.5) is 0 Å². The number of benzene rings is 1. The minimum atomic E-state index is -0.657. The van der Waals surface area contributed by atoms with Gasteiger partial charge < -0.3 is 9.84 Å².